The van der Waals surface area contributed by atoms with Crippen LogP contribution in [-0.4, -0.2) is 46.7 Å². The average molecular weight is 282 g/mol. The van der Waals surface area contributed by atoms with Crippen LogP contribution in [0.5, 0.6) is 0 Å². The molecule has 2 saturated heterocycles. The summed E-state index contributed by atoms with van der Waals surface area (Å²) >= 11 is 0. The van der Waals surface area contributed by atoms with Gasteiger partial charge >= 0.3 is 0 Å². The lowest BCUT2D eigenvalue weighted by molar-refractivity contribution is -0.132. The van der Waals surface area contributed by atoms with Gasteiger partial charge in [0.2, 0.25) is 5.91 Å². The molecule has 0 aromatic carbocycles. The van der Waals surface area contributed by atoms with Crippen molar-refractivity contribution in [2.75, 3.05) is 19.7 Å². The van der Waals surface area contributed by atoms with E-state index in [-0.39, 0.29) is 23.6 Å². The molecule has 1 amide bonds. The molecule has 2 aliphatic heterocycles. The first-order valence-electron chi connectivity index (χ1n) is 7.89. The van der Waals surface area contributed by atoms with Gasteiger partial charge in [0.15, 0.2) is 0 Å². The minimum atomic E-state index is 0.103. The molecular weight excluding hydrogens is 252 g/mol. The van der Waals surface area contributed by atoms with Gasteiger partial charge in [0.1, 0.15) is 0 Å². The highest BCUT2D eigenvalue weighted by Crippen LogP contribution is 2.35. The van der Waals surface area contributed by atoms with Gasteiger partial charge in [-0.1, -0.05) is 0 Å². The van der Waals surface area contributed by atoms with E-state index in [1.165, 1.54) is 0 Å². The number of nitrogens with zero attached hydrogens (tertiary/aromatic N) is 1. The number of rotatable bonds is 3. The minimum absolute atomic E-state index is 0.103. The highest BCUT2D eigenvalue weighted by molar-refractivity contribution is 5.76. The molecular formula is C16H30N2O2. The maximum Gasteiger partial charge on any atom is 0.222 e. The highest BCUT2D eigenvalue weighted by Gasteiger charge is 2.39. The molecule has 2 aliphatic rings. The zero-order chi connectivity index (χ0) is 15.0. The van der Waals surface area contributed by atoms with Crippen LogP contribution in [0.25, 0.3) is 0 Å². The normalized spacial score (nSPS) is 29.6. The van der Waals surface area contributed by atoms with Crippen molar-refractivity contribution < 1.29 is 9.90 Å². The molecule has 0 saturated carbocycles. The van der Waals surface area contributed by atoms with Crippen LogP contribution in [0.1, 0.15) is 53.4 Å². The lowest BCUT2D eigenvalue weighted by Crippen LogP contribution is -2.58. The number of amides is 1. The summed E-state index contributed by atoms with van der Waals surface area (Å²) in [6.45, 7) is 10.7. The Bertz CT molecular complexity index is 349. The molecule has 2 fully saturated rings. The van der Waals surface area contributed by atoms with Gasteiger partial charge in [-0.15, -0.1) is 0 Å². The van der Waals surface area contributed by atoms with E-state index in [2.05, 4.69) is 33.0 Å². The fourth-order valence-corrected chi connectivity index (χ4v) is 4.26. The Morgan fingerprint density at radius 3 is 2.30 bits per heavy atom. The monoisotopic (exact) mass is 282 g/mol. The summed E-state index contributed by atoms with van der Waals surface area (Å²) in [6.07, 6.45) is 3.72. The third kappa shape index (κ3) is 3.95. The van der Waals surface area contributed by atoms with Crippen molar-refractivity contribution in [1.82, 2.24) is 10.2 Å². The number of hydrogen-bond acceptors (Lipinski definition) is 3. The molecule has 4 nitrogen and oxygen atoms in total. The molecule has 2 N–H and O–H groups in total. The second kappa shape index (κ2) is 5.64. The summed E-state index contributed by atoms with van der Waals surface area (Å²) in [6, 6.07) is 0. The Balaban J connectivity index is 1.91. The Labute approximate surface area is 122 Å². The van der Waals surface area contributed by atoms with Crippen LogP contribution in [0.4, 0.5) is 0 Å². The number of piperidine rings is 1. The van der Waals surface area contributed by atoms with Crippen molar-refractivity contribution in [3.8, 4) is 0 Å². The summed E-state index contributed by atoms with van der Waals surface area (Å²) in [5.41, 5.74) is 0.205. The number of aliphatic hydroxyl groups excluding tert-OH is 1. The van der Waals surface area contributed by atoms with E-state index in [0.29, 0.717) is 18.3 Å². The zero-order valence-corrected chi connectivity index (χ0v) is 13.4. The third-order valence-corrected chi connectivity index (χ3v) is 4.63. The summed E-state index contributed by atoms with van der Waals surface area (Å²) < 4.78 is 0. The predicted octanol–water partition coefficient (Wildman–Crippen LogP) is 1.77. The van der Waals surface area contributed by atoms with Gasteiger partial charge < -0.3 is 15.3 Å². The van der Waals surface area contributed by atoms with Crippen LogP contribution in [-0.2, 0) is 4.79 Å². The molecule has 2 heterocycles. The molecule has 1 unspecified atom stereocenters. The van der Waals surface area contributed by atoms with Gasteiger partial charge in [0, 0.05) is 43.1 Å². The standard InChI is InChI=1S/C16H30N2O2/c1-15(2)8-13(9-16(3,4)17-15)7-14(20)18-6-5-12(10-18)11-19/h12-13,17,19H,5-11H2,1-4H3. The van der Waals surface area contributed by atoms with Crippen molar-refractivity contribution in [2.24, 2.45) is 11.8 Å². The summed E-state index contributed by atoms with van der Waals surface area (Å²) in [4.78, 5) is 14.4. The van der Waals surface area contributed by atoms with Gasteiger partial charge in [-0.2, -0.15) is 0 Å². The molecule has 2 rings (SSSR count). The number of hydrogen-bond donors (Lipinski definition) is 2. The maximum absolute atomic E-state index is 12.4. The molecule has 0 aromatic rings. The molecule has 20 heavy (non-hydrogen) atoms. The Morgan fingerprint density at radius 2 is 1.80 bits per heavy atom. The zero-order valence-electron chi connectivity index (χ0n) is 13.4. The number of nitrogens with one attached hydrogen (secondary N) is 1. The largest absolute Gasteiger partial charge is 0.396 e. The average Bonchev–Trinajstić information content (AvgIpc) is 2.72. The number of carbonyl (C=O) groups excluding carboxylic acids is 1. The van der Waals surface area contributed by atoms with Crippen LogP contribution in [0.2, 0.25) is 0 Å². The highest BCUT2D eigenvalue weighted by atomic mass is 16.3. The lowest BCUT2D eigenvalue weighted by Gasteiger charge is -2.46. The van der Waals surface area contributed by atoms with Crippen LogP contribution in [0, 0.1) is 11.8 Å². The van der Waals surface area contributed by atoms with Crippen molar-refractivity contribution in [3.05, 3.63) is 0 Å². The minimum Gasteiger partial charge on any atom is -0.396 e. The first-order chi connectivity index (χ1) is 9.21. The fraction of sp³-hybridized carbons (Fsp3) is 0.938. The Kier molecular flexibility index (Phi) is 4.45. The van der Waals surface area contributed by atoms with Crippen molar-refractivity contribution in [3.63, 3.8) is 0 Å². The Morgan fingerprint density at radius 1 is 1.20 bits per heavy atom. The molecule has 0 aromatic heterocycles. The quantitative estimate of drug-likeness (QED) is 0.829. The van der Waals surface area contributed by atoms with Gasteiger partial charge in [-0.3, -0.25) is 4.79 Å². The third-order valence-electron chi connectivity index (χ3n) is 4.63. The molecule has 0 spiro atoms. The van der Waals surface area contributed by atoms with Crippen LogP contribution >= 0.6 is 0 Å². The first-order valence-corrected chi connectivity index (χ1v) is 7.89. The van der Waals surface area contributed by atoms with Gasteiger partial charge in [0.05, 0.1) is 0 Å². The van der Waals surface area contributed by atoms with Crippen LogP contribution in [0.15, 0.2) is 0 Å². The SMILES string of the molecule is CC1(C)CC(CC(=O)N2CCC(CO)C2)CC(C)(C)N1. The van der Waals surface area contributed by atoms with E-state index in [9.17, 15) is 9.90 Å². The molecule has 4 heteroatoms. The second-order valence-corrected chi connectivity index (χ2v) is 8.05. The number of likely N-dealkylation sites (tertiary alicyclic amines) is 1. The van der Waals surface area contributed by atoms with Crippen LogP contribution < -0.4 is 5.32 Å². The summed E-state index contributed by atoms with van der Waals surface area (Å²) in [7, 11) is 0. The van der Waals surface area contributed by atoms with E-state index in [0.717, 1.165) is 32.4 Å². The van der Waals surface area contributed by atoms with Crippen LogP contribution in [0.3, 0.4) is 0 Å². The lowest BCUT2D eigenvalue weighted by atomic mass is 9.74. The smallest absolute Gasteiger partial charge is 0.222 e. The van der Waals surface area contributed by atoms with E-state index in [1.54, 1.807) is 0 Å². The fourth-order valence-electron chi connectivity index (χ4n) is 4.26. The van der Waals surface area contributed by atoms with Gasteiger partial charge in [-0.25, -0.2) is 0 Å². The molecule has 116 valence electrons. The first kappa shape index (κ1) is 15.8. The maximum atomic E-state index is 12.4. The number of carbonyl (C=O) groups is 1. The van der Waals surface area contributed by atoms with Crippen molar-refractivity contribution in [1.29, 1.82) is 0 Å². The van der Waals surface area contributed by atoms with Gasteiger partial charge in [-0.05, 0) is 52.9 Å². The van der Waals surface area contributed by atoms with E-state index < -0.39 is 0 Å². The van der Waals surface area contributed by atoms with Crippen molar-refractivity contribution in [2.45, 2.75) is 64.5 Å². The molecule has 0 aliphatic carbocycles. The number of aliphatic hydroxyl groups is 1. The van der Waals surface area contributed by atoms with E-state index >= 15 is 0 Å². The van der Waals surface area contributed by atoms with Gasteiger partial charge in [0.25, 0.3) is 0 Å². The van der Waals surface area contributed by atoms with E-state index in [4.69, 9.17) is 0 Å². The molecule has 0 bridgehead atoms. The Hall–Kier alpha value is -0.610. The van der Waals surface area contributed by atoms with E-state index in [1.807, 2.05) is 4.90 Å². The second-order valence-electron chi connectivity index (χ2n) is 8.05. The molecule has 0 radical (unpaired) electrons. The topological polar surface area (TPSA) is 52.6 Å². The summed E-state index contributed by atoms with van der Waals surface area (Å²) in [5.74, 6) is 1.03. The van der Waals surface area contributed by atoms with Crippen molar-refractivity contribution >= 4 is 5.91 Å². The summed E-state index contributed by atoms with van der Waals surface area (Å²) in [5, 5.41) is 12.8. The molecule has 1 atom stereocenters. The predicted molar refractivity (Wildman–Crippen MR) is 80.4 cm³/mol.